The van der Waals surface area contributed by atoms with Gasteiger partial charge in [-0.05, 0) is 103 Å². The fourth-order valence-electron chi connectivity index (χ4n) is 6.94. The van der Waals surface area contributed by atoms with Gasteiger partial charge >= 0.3 is 0 Å². The van der Waals surface area contributed by atoms with E-state index >= 15 is 0 Å². The fraction of sp³-hybridized carbons (Fsp3) is 0.0465. The van der Waals surface area contributed by atoms with Crippen LogP contribution in [0.25, 0.3) is 48.5 Å². The molecule has 0 aliphatic rings. The number of aryl methyl sites for hydroxylation is 2. The lowest BCUT2D eigenvalue weighted by Gasteiger charge is -2.26. The highest BCUT2D eigenvalue weighted by Gasteiger charge is 2.20. The van der Waals surface area contributed by atoms with Gasteiger partial charge in [0.1, 0.15) is 4.83 Å². The number of ketones is 1. The van der Waals surface area contributed by atoms with Crippen LogP contribution >= 0.6 is 11.3 Å². The minimum Gasteiger partial charge on any atom is -0.311 e. The zero-order chi connectivity index (χ0) is 31.6. The van der Waals surface area contributed by atoms with Crippen LogP contribution in [0.1, 0.15) is 27.0 Å². The Balaban J connectivity index is 1.04. The number of carbonyl (C=O) groups is 1. The summed E-state index contributed by atoms with van der Waals surface area (Å²) >= 11 is 1.79. The number of nitrogens with zero attached hydrogens (tertiary/aromatic N) is 2. The van der Waals surface area contributed by atoms with Crippen molar-refractivity contribution < 1.29 is 4.79 Å². The summed E-state index contributed by atoms with van der Waals surface area (Å²) in [5, 5.41) is 7.28. The summed E-state index contributed by atoms with van der Waals surface area (Å²) in [4.78, 5) is 17.2. The number of rotatable bonds is 6. The molecule has 6 aromatic carbocycles. The average molecular weight is 623 g/mol. The minimum absolute atomic E-state index is 0.0142. The molecule has 0 amide bonds. The molecule has 0 unspecified atom stereocenters. The summed E-state index contributed by atoms with van der Waals surface area (Å²) < 4.78 is 2.41. The lowest BCUT2D eigenvalue weighted by Crippen LogP contribution is -2.10. The first-order valence-corrected chi connectivity index (χ1v) is 16.8. The Hall–Kier alpha value is -5.71. The summed E-state index contributed by atoms with van der Waals surface area (Å²) in [6.07, 6.45) is 0. The van der Waals surface area contributed by atoms with E-state index in [1.54, 1.807) is 11.3 Å². The highest BCUT2D eigenvalue weighted by atomic mass is 32.1. The van der Waals surface area contributed by atoms with E-state index in [1.807, 2.05) is 36.4 Å². The molecule has 0 saturated heterocycles. The Morgan fingerprint density at radius 1 is 0.553 bits per heavy atom. The quantitative estimate of drug-likeness (QED) is 0.172. The molecule has 224 valence electrons. The van der Waals surface area contributed by atoms with Gasteiger partial charge in [0, 0.05) is 49.7 Å². The number of aromatic nitrogens is 1. The normalized spacial score (nSPS) is 11.7. The summed E-state index contributed by atoms with van der Waals surface area (Å²) in [7, 11) is 0. The molecule has 47 heavy (non-hydrogen) atoms. The summed E-state index contributed by atoms with van der Waals surface area (Å²) in [6.45, 7) is 4.19. The first-order valence-electron chi connectivity index (χ1n) is 15.9. The summed E-state index contributed by atoms with van der Waals surface area (Å²) in [5.74, 6) is 0.0142. The van der Waals surface area contributed by atoms with Crippen molar-refractivity contribution in [2.24, 2.45) is 0 Å². The standard InChI is InChI=1S/C43H30N2OS/c1-27-7-17-33(18-8-27)44(34-19-9-28(2)10-20-34)35-21-15-31(16-22-35)42(46)30-13-11-29(12-14-30)32-25-38-36-5-3-4-6-40(36)45-41(38)39(26-32)37-23-24-47-43(37)45/h3-26H,1-2H3. The monoisotopic (exact) mass is 622 g/mol. The zero-order valence-electron chi connectivity index (χ0n) is 26.1. The van der Waals surface area contributed by atoms with Crippen molar-refractivity contribution in [3.63, 3.8) is 0 Å². The number of para-hydroxylation sites is 1. The molecule has 3 heterocycles. The molecule has 4 heteroatoms. The SMILES string of the molecule is Cc1ccc(N(c2ccc(C)cc2)c2ccc(C(=O)c3ccc(-c4cc5c6ccccc6n6c7sccc7c(c4)c56)cc3)cc2)cc1. The highest BCUT2D eigenvalue weighted by Crippen LogP contribution is 2.43. The van der Waals surface area contributed by atoms with E-state index in [9.17, 15) is 4.79 Å². The molecule has 0 fully saturated rings. The van der Waals surface area contributed by atoms with Crippen LogP contribution in [0.5, 0.6) is 0 Å². The number of fused-ring (bicyclic) bond motifs is 6. The maximum absolute atomic E-state index is 13.7. The van der Waals surface area contributed by atoms with Gasteiger partial charge in [0.2, 0.25) is 0 Å². The summed E-state index contributed by atoms with van der Waals surface area (Å²) in [6, 6.07) is 48.6. The molecular formula is C43H30N2OS. The maximum Gasteiger partial charge on any atom is 0.193 e. The van der Waals surface area contributed by atoms with Gasteiger partial charge < -0.3 is 4.90 Å². The van der Waals surface area contributed by atoms with Crippen LogP contribution in [0, 0.1) is 13.8 Å². The number of anilines is 3. The predicted octanol–water partition coefficient (Wildman–Crippen LogP) is 11.9. The maximum atomic E-state index is 13.7. The second kappa shape index (κ2) is 10.7. The third kappa shape index (κ3) is 4.44. The van der Waals surface area contributed by atoms with Crippen molar-refractivity contribution in [1.82, 2.24) is 4.40 Å². The molecule has 3 nitrogen and oxygen atoms in total. The molecule has 0 radical (unpaired) electrons. The zero-order valence-corrected chi connectivity index (χ0v) is 26.9. The van der Waals surface area contributed by atoms with Gasteiger partial charge in [0.15, 0.2) is 5.78 Å². The van der Waals surface area contributed by atoms with Crippen LogP contribution in [-0.4, -0.2) is 10.2 Å². The van der Waals surface area contributed by atoms with Crippen LogP contribution in [0.15, 0.2) is 145 Å². The molecule has 0 saturated carbocycles. The van der Waals surface area contributed by atoms with Gasteiger partial charge in [0.05, 0.1) is 11.0 Å². The minimum atomic E-state index is 0.0142. The molecule has 0 aliphatic carbocycles. The Bertz CT molecular complexity index is 2530. The number of hydrogen-bond donors (Lipinski definition) is 0. The van der Waals surface area contributed by atoms with Gasteiger partial charge in [-0.1, -0.05) is 77.9 Å². The van der Waals surface area contributed by atoms with Crippen molar-refractivity contribution in [2.75, 3.05) is 4.90 Å². The number of benzene rings is 6. The Kier molecular flexibility index (Phi) is 6.27. The third-order valence-corrected chi connectivity index (χ3v) is 10.3. The number of carbonyl (C=O) groups excluding carboxylic acids is 1. The lowest BCUT2D eigenvalue weighted by atomic mass is 9.97. The fourth-order valence-corrected chi connectivity index (χ4v) is 7.87. The van der Waals surface area contributed by atoms with Gasteiger partial charge in [-0.15, -0.1) is 11.3 Å². The molecule has 0 N–H and O–H groups in total. The van der Waals surface area contributed by atoms with Gasteiger partial charge in [0.25, 0.3) is 0 Å². The van der Waals surface area contributed by atoms with Gasteiger partial charge in [-0.3, -0.25) is 9.20 Å². The van der Waals surface area contributed by atoms with E-state index in [1.165, 1.54) is 48.5 Å². The molecule has 0 atom stereocenters. The molecule has 9 rings (SSSR count). The average Bonchev–Trinajstić information content (AvgIpc) is 3.80. The predicted molar refractivity (Wildman–Crippen MR) is 198 cm³/mol. The second-order valence-electron chi connectivity index (χ2n) is 12.4. The number of hydrogen-bond acceptors (Lipinski definition) is 3. The van der Waals surface area contributed by atoms with Crippen LogP contribution in [-0.2, 0) is 0 Å². The Labute approximate surface area is 276 Å². The van der Waals surface area contributed by atoms with Crippen LogP contribution in [0.4, 0.5) is 17.1 Å². The molecular weight excluding hydrogens is 593 g/mol. The van der Waals surface area contributed by atoms with E-state index in [2.05, 4.69) is 132 Å². The van der Waals surface area contributed by atoms with E-state index in [-0.39, 0.29) is 5.78 Å². The Morgan fingerprint density at radius 3 is 1.70 bits per heavy atom. The van der Waals surface area contributed by atoms with Gasteiger partial charge in [-0.2, -0.15) is 0 Å². The van der Waals surface area contributed by atoms with E-state index in [0.717, 1.165) is 28.2 Å². The molecule has 0 bridgehead atoms. The van der Waals surface area contributed by atoms with E-state index < -0.39 is 0 Å². The van der Waals surface area contributed by atoms with Crippen molar-refractivity contribution in [3.8, 4) is 11.1 Å². The smallest absolute Gasteiger partial charge is 0.193 e. The number of thiophene rings is 1. The first-order chi connectivity index (χ1) is 23.0. The van der Waals surface area contributed by atoms with Crippen LogP contribution in [0.3, 0.4) is 0 Å². The highest BCUT2D eigenvalue weighted by molar-refractivity contribution is 7.17. The molecule has 0 spiro atoms. The molecule has 3 aromatic heterocycles. The van der Waals surface area contributed by atoms with Crippen molar-refractivity contribution >= 4 is 71.6 Å². The lowest BCUT2D eigenvalue weighted by molar-refractivity contribution is 0.103. The second-order valence-corrected chi connectivity index (χ2v) is 13.3. The van der Waals surface area contributed by atoms with Gasteiger partial charge in [-0.25, -0.2) is 0 Å². The van der Waals surface area contributed by atoms with Crippen molar-refractivity contribution in [1.29, 1.82) is 0 Å². The van der Waals surface area contributed by atoms with Crippen molar-refractivity contribution in [3.05, 3.63) is 167 Å². The van der Waals surface area contributed by atoms with E-state index in [0.29, 0.717) is 11.1 Å². The van der Waals surface area contributed by atoms with Crippen molar-refractivity contribution in [2.45, 2.75) is 13.8 Å². The van der Waals surface area contributed by atoms with Crippen LogP contribution in [0.2, 0.25) is 0 Å². The van der Waals surface area contributed by atoms with Crippen LogP contribution < -0.4 is 4.90 Å². The Morgan fingerprint density at radius 2 is 1.09 bits per heavy atom. The summed E-state index contributed by atoms with van der Waals surface area (Å²) in [5.41, 5.74) is 11.7. The molecule has 9 aromatic rings. The topological polar surface area (TPSA) is 24.7 Å². The third-order valence-electron chi connectivity index (χ3n) is 9.36. The molecule has 0 aliphatic heterocycles. The largest absolute Gasteiger partial charge is 0.311 e. The first kappa shape index (κ1) is 27.6. The van der Waals surface area contributed by atoms with E-state index in [4.69, 9.17) is 0 Å².